The largest absolute Gasteiger partial charge is 3.00 e. The molecule has 0 heterocycles. The number of hydrogen-bond donors (Lipinski definition) is 0. The molecule has 0 amide bonds. The second kappa shape index (κ2) is 53.8. The molecule has 0 unspecified atom stereocenters. The Labute approximate surface area is 61.8 Å². The molecule has 0 fully saturated rings. The van der Waals surface area contributed by atoms with E-state index in [1.165, 1.54) is 0 Å². The molecule has 5 radical (unpaired) electrons. The van der Waals surface area contributed by atoms with Crippen LogP contribution < -0.4 is 37.2 Å². The molecule has 0 aromatic rings. The summed E-state index contributed by atoms with van der Waals surface area (Å²) < 4.78 is 0. The summed E-state index contributed by atoms with van der Waals surface area (Å²) in [4.78, 5) is 0. The van der Waals surface area contributed by atoms with E-state index in [-0.39, 0.29) is 61.7 Å². The first-order valence-corrected chi connectivity index (χ1v) is 0. The fraction of sp³-hybridized carbons (Fsp3) is 0. The molecule has 0 aliphatic carbocycles. The van der Waals surface area contributed by atoms with Gasteiger partial charge in [-0.15, -0.1) is 0 Å². The molecular weight excluding hydrogens is 174 g/mol. The minimum absolute atomic E-state index is 0. The molecule has 0 atom stereocenters. The Balaban J connectivity index is 0. The third-order valence-electron chi connectivity index (χ3n) is 0. The zero-order valence-electron chi connectivity index (χ0n) is 1.99. The average Bonchev–Trinajstić information content (AvgIpc) is 0. The van der Waals surface area contributed by atoms with E-state index in [0.29, 0.717) is 0 Å². The molecule has 4 heteroatoms. The van der Waals surface area contributed by atoms with Gasteiger partial charge in [-0.2, -0.15) is 0 Å². The van der Waals surface area contributed by atoms with Crippen molar-refractivity contribution >= 4 is 0 Å². The van der Waals surface area contributed by atoms with Crippen LogP contribution in [0.15, 0.2) is 0 Å². The summed E-state index contributed by atoms with van der Waals surface area (Å²) in [5.41, 5.74) is 0. The van der Waals surface area contributed by atoms with E-state index in [4.69, 9.17) is 0 Å². The Hall–Kier alpha value is 1.39. The molecular formula is CCl3Fe. The van der Waals surface area contributed by atoms with Gasteiger partial charge in [0.25, 0.3) is 0 Å². The van der Waals surface area contributed by atoms with E-state index in [1.807, 2.05) is 0 Å². The second-order valence-corrected chi connectivity index (χ2v) is 0. The van der Waals surface area contributed by atoms with Crippen LogP contribution in [0.1, 0.15) is 0 Å². The van der Waals surface area contributed by atoms with Crippen LogP contribution in [0.4, 0.5) is 0 Å². The Morgan fingerprint density at radius 3 is 0.600 bits per heavy atom. The Morgan fingerprint density at radius 1 is 0.600 bits per heavy atom. The molecule has 0 rings (SSSR count). The number of rotatable bonds is 0. The molecule has 0 aliphatic rings. The third kappa shape index (κ3) is 32.1. The quantitative estimate of drug-likeness (QED) is 0.320. The fourth-order valence-corrected chi connectivity index (χ4v) is 0. The third-order valence-corrected chi connectivity index (χ3v) is 0. The molecule has 5 heavy (non-hydrogen) atoms. The SMILES string of the molecule is [C].[Cl-].[Cl-].[Cl-].[Fe+3]. The van der Waals surface area contributed by atoms with Gasteiger partial charge in [-0.05, 0) is 0 Å². The van der Waals surface area contributed by atoms with Crippen molar-refractivity contribution < 1.29 is 54.3 Å². The van der Waals surface area contributed by atoms with E-state index in [1.54, 1.807) is 0 Å². The zero-order valence-corrected chi connectivity index (χ0v) is 5.36. The molecule has 0 saturated heterocycles. The summed E-state index contributed by atoms with van der Waals surface area (Å²) in [7, 11) is 0. The second-order valence-electron chi connectivity index (χ2n) is 0. The van der Waals surface area contributed by atoms with Crippen LogP contribution in [0.2, 0.25) is 0 Å². The van der Waals surface area contributed by atoms with Crippen LogP contribution >= 0.6 is 0 Å². The van der Waals surface area contributed by atoms with Gasteiger partial charge in [0, 0.05) is 7.43 Å². The zero-order chi connectivity index (χ0) is 0. The Morgan fingerprint density at radius 2 is 0.600 bits per heavy atom. The summed E-state index contributed by atoms with van der Waals surface area (Å²) in [6, 6.07) is 0. The number of hydrogen-bond acceptors (Lipinski definition) is 0. The van der Waals surface area contributed by atoms with Crippen molar-refractivity contribution in [1.82, 2.24) is 0 Å². The Bertz CT molecular complexity index is 6.85. The molecule has 0 aromatic heterocycles. The maximum Gasteiger partial charge on any atom is 3.00 e. The standard InChI is InChI=1S/C.3ClH.Fe/h;3*1H;/q;;;;+3/p-3. The summed E-state index contributed by atoms with van der Waals surface area (Å²) >= 11 is 0. The molecule has 0 spiro atoms. The summed E-state index contributed by atoms with van der Waals surface area (Å²) in [5, 5.41) is 0. The van der Waals surface area contributed by atoms with Crippen LogP contribution in [0, 0.1) is 7.43 Å². The van der Waals surface area contributed by atoms with Gasteiger partial charge in [-0.3, -0.25) is 0 Å². The smallest absolute Gasteiger partial charge is 1.00 e. The van der Waals surface area contributed by atoms with Crippen LogP contribution in [0.5, 0.6) is 0 Å². The van der Waals surface area contributed by atoms with E-state index < -0.39 is 0 Å². The molecule has 0 nitrogen and oxygen atoms in total. The maximum atomic E-state index is 0. The van der Waals surface area contributed by atoms with Crippen molar-refractivity contribution in [2.24, 2.45) is 0 Å². The van der Waals surface area contributed by atoms with E-state index >= 15 is 0 Å². The van der Waals surface area contributed by atoms with E-state index in [0.717, 1.165) is 0 Å². The van der Waals surface area contributed by atoms with Crippen LogP contribution in [0.25, 0.3) is 0 Å². The normalized spacial score (nSPS) is 0. The van der Waals surface area contributed by atoms with Crippen molar-refractivity contribution in [2.45, 2.75) is 0 Å². The molecule has 0 saturated carbocycles. The predicted octanol–water partition coefficient (Wildman–Crippen LogP) is -8.91. The minimum atomic E-state index is 0. The molecule has 0 aliphatic heterocycles. The van der Waals surface area contributed by atoms with Gasteiger partial charge < -0.3 is 37.2 Å². The van der Waals surface area contributed by atoms with Crippen molar-refractivity contribution in [1.29, 1.82) is 0 Å². The van der Waals surface area contributed by atoms with Gasteiger partial charge in [0.15, 0.2) is 0 Å². The van der Waals surface area contributed by atoms with E-state index in [9.17, 15) is 0 Å². The monoisotopic (exact) mass is 173 g/mol. The fourth-order valence-electron chi connectivity index (χ4n) is 0. The summed E-state index contributed by atoms with van der Waals surface area (Å²) in [6.45, 7) is 0. The topological polar surface area (TPSA) is 0 Å². The van der Waals surface area contributed by atoms with Crippen molar-refractivity contribution in [3.8, 4) is 0 Å². The van der Waals surface area contributed by atoms with E-state index in [2.05, 4.69) is 0 Å². The van der Waals surface area contributed by atoms with Crippen LogP contribution in [-0.4, -0.2) is 0 Å². The van der Waals surface area contributed by atoms with Crippen molar-refractivity contribution in [3.05, 3.63) is 7.43 Å². The van der Waals surface area contributed by atoms with Gasteiger partial charge in [-0.25, -0.2) is 0 Å². The average molecular weight is 174 g/mol. The van der Waals surface area contributed by atoms with Crippen molar-refractivity contribution in [2.75, 3.05) is 0 Å². The summed E-state index contributed by atoms with van der Waals surface area (Å²) in [5.74, 6) is 0. The van der Waals surface area contributed by atoms with Crippen LogP contribution in [-0.2, 0) is 17.1 Å². The predicted molar refractivity (Wildman–Crippen MR) is 3.24 cm³/mol. The minimum Gasteiger partial charge on any atom is -1.00 e. The number of halogens is 3. The summed E-state index contributed by atoms with van der Waals surface area (Å²) in [6.07, 6.45) is 0. The first-order chi connectivity index (χ1) is 0. The van der Waals surface area contributed by atoms with Crippen LogP contribution in [0.3, 0.4) is 0 Å². The first-order valence-electron chi connectivity index (χ1n) is 0. The molecule has 33 valence electrons. The van der Waals surface area contributed by atoms with Gasteiger partial charge in [0.05, 0.1) is 0 Å². The molecule has 0 aromatic carbocycles. The van der Waals surface area contributed by atoms with Crippen molar-refractivity contribution in [3.63, 3.8) is 0 Å². The van der Waals surface area contributed by atoms with Gasteiger partial charge >= 0.3 is 17.1 Å². The van der Waals surface area contributed by atoms with Gasteiger partial charge in [0.1, 0.15) is 0 Å². The van der Waals surface area contributed by atoms with Gasteiger partial charge in [0.2, 0.25) is 0 Å². The molecule has 0 N–H and O–H groups in total. The molecule has 0 bridgehead atoms. The first kappa shape index (κ1) is 96.1. The maximum absolute atomic E-state index is 0. The Kier molecular flexibility index (Phi) is 1030. The van der Waals surface area contributed by atoms with Gasteiger partial charge in [-0.1, -0.05) is 0 Å².